The second-order valence-electron chi connectivity index (χ2n) is 3.07. The van der Waals surface area contributed by atoms with Crippen molar-refractivity contribution in [3.05, 3.63) is 11.5 Å². The fourth-order valence-corrected chi connectivity index (χ4v) is 1.21. The summed E-state index contributed by atoms with van der Waals surface area (Å²) in [6, 6.07) is 0.957. The molecule has 7 heteroatoms. The topological polar surface area (TPSA) is 97.7 Å². The van der Waals surface area contributed by atoms with Crippen molar-refractivity contribution >= 4 is 11.9 Å². The molecule has 1 aliphatic rings. The highest BCUT2D eigenvalue weighted by Crippen LogP contribution is 2.13. The van der Waals surface area contributed by atoms with Gasteiger partial charge in [-0.2, -0.15) is 5.26 Å². The molecule has 0 amide bonds. The van der Waals surface area contributed by atoms with Gasteiger partial charge in [0.1, 0.15) is 12.7 Å². The molecule has 0 radical (unpaired) electrons. The third kappa shape index (κ3) is 2.87. The van der Waals surface area contributed by atoms with Gasteiger partial charge >= 0.3 is 11.9 Å². The van der Waals surface area contributed by atoms with Crippen LogP contribution in [0.1, 0.15) is 6.92 Å². The van der Waals surface area contributed by atoms with Gasteiger partial charge in [0.25, 0.3) is 0 Å². The van der Waals surface area contributed by atoms with Crippen molar-refractivity contribution in [1.82, 2.24) is 5.32 Å². The van der Waals surface area contributed by atoms with Crippen LogP contribution >= 0.6 is 0 Å². The van der Waals surface area contributed by atoms with Gasteiger partial charge in [-0.15, -0.1) is 0 Å². The summed E-state index contributed by atoms with van der Waals surface area (Å²) in [4.78, 5) is 22.5. The summed E-state index contributed by atoms with van der Waals surface area (Å²) < 4.78 is 14.2. The molecule has 1 fully saturated rings. The Labute approximate surface area is 97.9 Å². The van der Waals surface area contributed by atoms with E-state index in [4.69, 9.17) is 10.00 Å². The number of nitrogens with zero attached hydrogens (tertiary/aromatic N) is 1. The van der Waals surface area contributed by atoms with Gasteiger partial charge in [-0.25, -0.2) is 9.59 Å². The molecule has 0 aromatic carbocycles. The maximum Gasteiger partial charge on any atom is 0.354 e. The zero-order chi connectivity index (χ0) is 12.8. The first-order valence-corrected chi connectivity index (χ1v) is 4.92. The molecule has 0 aromatic heterocycles. The lowest BCUT2D eigenvalue weighted by Gasteiger charge is -2.05. The lowest BCUT2D eigenvalue weighted by molar-refractivity contribution is -0.142. The summed E-state index contributed by atoms with van der Waals surface area (Å²) in [7, 11) is 1.24. The van der Waals surface area contributed by atoms with E-state index in [0.29, 0.717) is 0 Å². The molecule has 1 heterocycles. The Morgan fingerprint density at radius 2 is 2.35 bits per heavy atom. The maximum absolute atomic E-state index is 11.4. The van der Waals surface area contributed by atoms with Crippen molar-refractivity contribution in [3.8, 4) is 6.07 Å². The largest absolute Gasteiger partial charge is 0.475 e. The summed E-state index contributed by atoms with van der Waals surface area (Å²) in [5, 5.41) is 11.4. The van der Waals surface area contributed by atoms with E-state index in [1.807, 2.05) is 0 Å². The van der Waals surface area contributed by atoms with Crippen molar-refractivity contribution in [2.45, 2.75) is 13.0 Å². The minimum atomic E-state index is -0.789. The van der Waals surface area contributed by atoms with Crippen LogP contribution in [0.5, 0.6) is 0 Å². The lowest BCUT2D eigenvalue weighted by atomic mass is 10.3. The number of carbonyl (C=O) groups is 2. The first-order chi connectivity index (χ1) is 8.13. The van der Waals surface area contributed by atoms with E-state index in [-0.39, 0.29) is 24.7 Å². The third-order valence-electron chi connectivity index (χ3n) is 2.00. The van der Waals surface area contributed by atoms with E-state index in [1.54, 1.807) is 13.0 Å². The molecule has 0 spiro atoms. The summed E-state index contributed by atoms with van der Waals surface area (Å²) in [6.07, 6.45) is 0. The van der Waals surface area contributed by atoms with Crippen LogP contribution in [-0.2, 0) is 23.8 Å². The molecule has 1 N–H and O–H groups in total. The van der Waals surface area contributed by atoms with Crippen molar-refractivity contribution in [2.75, 3.05) is 20.3 Å². The van der Waals surface area contributed by atoms with Crippen LogP contribution < -0.4 is 5.32 Å². The Morgan fingerprint density at radius 1 is 1.65 bits per heavy atom. The summed E-state index contributed by atoms with van der Waals surface area (Å²) in [5.41, 5.74) is -0.293. The number of nitriles is 1. The quantitative estimate of drug-likeness (QED) is 0.401. The first-order valence-electron chi connectivity index (χ1n) is 4.92. The molecule has 1 saturated heterocycles. The number of methoxy groups -OCH3 is 1. The highest BCUT2D eigenvalue weighted by Gasteiger charge is 2.31. The summed E-state index contributed by atoms with van der Waals surface area (Å²) >= 11 is 0. The van der Waals surface area contributed by atoms with Crippen LogP contribution in [0.4, 0.5) is 0 Å². The second kappa shape index (κ2) is 5.75. The van der Waals surface area contributed by atoms with Crippen LogP contribution in [0.3, 0.4) is 0 Å². The van der Waals surface area contributed by atoms with Gasteiger partial charge < -0.3 is 19.5 Å². The van der Waals surface area contributed by atoms with Crippen LogP contribution in [-0.4, -0.2) is 38.3 Å². The fraction of sp³-hybridized carbons (Fsp3) is 0.500. The molecule has 92 valence electrons. The van der Waals surface area contributed by atoms with Gasteiger partial charge in [-0.1, -0.05) is 0 Å². The Bertz CT molecular complexity index is 396. The average molecular weight is 240 g/mol. The van der Waals surface area contributed by atoms with Crippen molar-refractivity contribution in [2.24, 2.45) is 0 Å². The molecule has 1 rings (SSSR count). The number of esters is 2. The van der Waals surface area contributed by atoms with Gasteiger partial charge in [-0.05, 0) is 6.92 Å². The summed E-state index contributed by atoms with van der Waals surface area (Å²) in [5.74, 6) is -1.37. The van der Waals surface area contributed by atoms with Crippen molar-refractivity contribution < 1.29 is 23.8 Å². The highest BCUT2D eigenvalue weighted by atomic mass is 16.5. The zero-order valence-electron chi connectivity index (χ0n) is 9.48. The van der Waals surface area contributed by atoms with E-state index >= 15 is 0 Å². The zero-order valence-corrected chi connectivity index (χ0v) is 9.48. The standard InChI is InChI=1S/C10H12N2O5/c1-3-16-9(13)6(4-11)8-12-7(5-17-8)10(14)15-2/h7,12H,3,5H2,1-2H3/b8-6-. The molecule has 17 heavy (non-hydrogen) atoms. The minimum Gasteiger partial charge on any atom is -0.475 e. The lowest BCUT2D eigenvalue weighted by Crippen LogP contribution is -2.33. The molecular formula is C10H12N2O5. The molecule has 1 aliphatic heterocycles. The summed E-state index contributed by atoms with van der Waals surface area (Å²) in [6.45, 7) is 1.78. The molecule has 1 unspecified atom stereocenters. The monoisotopic (exact) mass is 240 g/mol. The molecule has 1 atom stereocenters. The van der Waals surface area contributed by atoms with Crippen molar-refractivity contribution in [3.63, 3.8) is 0 Å². The molecule has 0 saturated carbocycles. The molecule has 0 aromatic rings. The number of nitrogens with one attached hydrogen (secondary N) is 1. The normalized spacial score (nSPS) is 20.6. The molecular weight excluding hydrogens is 228 g/mol. The highest BCUT2D eigenvalue weighted by molar-refractivity contribution is 5.93. The van der Waals surface area contributed by atoms with Gasteiger partial charge in [0.05, 0.1) is 13.7 Å². The number of rotatable bonds is 3. The molecule has 7 nitrogen and oxygen atoms in total. The van der Waals surface area contributed by atoms with Gasteiger partial charge in [0, 0.05) is 0 Å². The van der Waals surface area contributed by atoms with E-state index in [2.05, 4.69) is 14.8 Å². The minimum absolute atomic E-state index is 0.00654. The second-order valence-corrected chi connectivity index (χ2v) is 3.07. The van der Waals surface area contributed by atoms with E-state index < -0.39 is 18.0 Å². The van der Waals surface area contributed by atoms with Crippen LogP contribution in [0, 0.1) is 11.3 Å². The predicted octanol–water partition coefficient (Wildman–Crippen LogP) is -0.554. The maximum atomic E-state index is 11.4. The van der Waals surface area contributed by atoms with Gasteiger partial charge in [0.15, 0.2) is 11.6 Å². The number of hydrogen-bond acceptors (Lipinski definition) is 7. The molecule has 0 bridgehead atoms. The third-order valence-corrected chi connectivity index (χ3v) is 2.00. The Kier molecular flexibility index (Phi) is 4.34. The smallest absolute Gasteiger partial charge is 0.354 e. The van der Waals surface area contributed by atoms with Crippen LogP contribution in [0.25, 0.3) is 0 Å². The van der Waals surface area contributed by atoms with E-state index in [0.717, 1.165) is 0 Å². The van der Waals surface area contributed by atoms with E-state index in [9.17, 15) is 9.59 Å². The SMILES string of the molecule is CCOC(=O)/C(C#N)=C1/NC(C(=O)OC)CO1. The van der Waals surface area contributed by atoms with Crippen LogP contribution in [0.15, 0.2) is 11.5 Å². The Hall–Kier alpha value is -2.23. The first kappa shape index (κ1) is 12.8. The predicted molar refractivity (Wildman–Crippen MR) is 54.2 cm³/mol. The van der Waals surface area contributed by atoms with Gasteiger partial charge in [-0.3, -0.25) is 0 Å². The molecule has 0 aliphatic carbocycles. The average Bonchev–Trinajstić information content (AvgIpc) is 2.79. The van der Waals surface area contributed by atoms with Crippen LogP contribution in [0.2, 0.25) is 0 Å². The Balaban J connectivity index is 2.81. The van der Waals surface area contributed by atoms with E-state index in [1.165, 1.54) is 7.11 Å². The fourth-order valence-electron chi connectivity index (χ4n) is 1.21. The number of ether oxygens (including phenoxy) is 3. The Morgan fingerprint density at radius 3 is 2.88 bits per heavy atom. The number of hydrogen-bond donors (Lipinski definition) is 1. The number of carbonyl (C=O) groups excluding carboxylic acids is 2. The van der Waals surface area contributed by atoms with Gasteiger partial charge in [0.2, 0.25) is 5.88 Å². The van der Waals surface area contributed by atoms with Crippen molar-refractivity contribution in [1.29, 1.82) is 5.26 Å².